The molecular weight excluding hydrogens is 299 g/mol. The van der Waals surface area contributed by atoms with E-state index in [9.17, 15) is 4.39 Å². The summed E-state index contributed by atoms with van der Waals surface area (Å²) in [6.45, 7) is 5.37. The minimum Gasteiger partial charge on any atom is -0.307 e. The topological polar surface area (TPSA) is 42.7 Å². The highest BCUT2D eigenvalue weighted by Crippen LogP contribution is 2.17. The van der Waals surface area contributed by atoms with Gasteiger partial charge in [0, 0.05) is 30.4 Å². The third kappa shape index (κ3) is 3.23. The van der Waals surface area contributed by atoms with E-state index in [1.165, 1.54) is 9.56 Å². The van der Waals surface area contributed by atoms with Gasteiger partial charge in [-0.05, 0) is 37.6 Å². The first-order valence-electron chi connectivity index (χ1n) is 7.05. The molecule has 22 heavy (non-hydrogen) atoms. The lowest BCUT2D eigenvalue weighted by Gasteiger charge is -2.07. The molecule has 0 fully saturated rings. The van der Waals surface area contributed by atoms with Crippen LogP contribution in [0.25, 0.3) is 5.69 Å². The monoisotopic (exact) mass is 316 g/mol. The van der Waals surface area contributed by atoms with E-state index in [-0.39, 0.29) is 5.82 Å². The van der Waals surface area contributed by atoms with E-state index < -0.39 is 0 Å². The molecule has 1 aromatic carbocycles. The maximum Gasteiger partial charge on any atom is 0.149 e. The van der Waals surface area contributed by atoms with Crippen LogP contribution in [-0.2, 0) is 13.1 Å². The van der Waals surface area contributed by atoms with Crippen molar-refractivity contribution >= 4 is 11.3 Å². The van der Waals surface area contributed by atoms with Crippen LogP contribution in [0.5, 0.6) is 0 Å². The normalized spacial score (nSPS) is 11.0. The number of nitrogens with one attached hydrogen (secondary N) is 1. The number of hydrogen-bond acceptors (Lipinski definition) is 4. The number of aromatic nitrogens is 3. The Hall–Kier alpha value is -2.05. The number of rotatable bonds is 5. The van der Waals surface area contributed by atoms with Crippen molar-refractivity contribution < 1.29 is 4.39 Å². The summed E-state index contributed by atoms with van der Waals surface area (Å²) < 4.78 is 15.7. The van der Waals surface area contributed by atoms with Gasteiger partial charge >= 0.3 is 0 Å². The highest BCUT2D eigenvalue weighted by atomic mass is 32.1. The van der Waals surface area contributed by atoms with Gasteiger partial charge in [-0.15, -0.1) is 11.3 Å². The van der Waals surface area contributed by atoms with Crippen LogP contribution in [0.4, 0.5) is 4.39 Å². The Morgan fingerprint density at radius 3 is 2.77 bits per heavy atom. The van der Waals surface area contributed by atoms with Crippen LogP contribution >= 0.6 is 11.3 Å². The Balaban J connectivity index is 1.64. The Kier molecular flexibility index (Phi) is 4.31. The van der Waals surface area contributed by atoms with Gasteiger partial charge in [-0.2, -0.15) is 5.10 Å². The lowest BCUT2D eigenvalue weighted by molar-refractivity contribution is 0.604. The summed E-state index contributed by atoms with van der Waals surface area (Å²) in [5, 5.41) is 8.43. The smallest absolute Gasteiger partial charge is 0.149 e. The van der Waals surface area contributed by atoms with Gasteiger partial charge in [-0.1, -0.05) is 6.07 Å². The van der Waals surface area contributed by atoms with E-state index in [0.29, 0.717) is 18.8 Å². The molecule has 0 aliphatic carbocycles. The van der Waals surface area contributed by atoms with Crippen LogP contribution in [0.2, 0.25) is 0 Å². The number of nitrogens with zero attached hydrogens (tertiary/aromatic N) is 3. The van der Waals surface area contributed by atoms with Crippen molar-refractivity contribution in [3.05, 3.63) is 63.6 Å². The zero-order valence-corrected chi connectivity index (χ0v) is 13.3. The molecule has 0 atom stereocenters. The molecule has 0 bridgehead atoms. The fourth-order valence-corrected chi connectivity index (χ4v) is 3.15. The zero-order chi connectivity index (χ0) is 15.5. The van der Waals surface area contributed by atoms with Crippen molar-refractivity contribution in [2.45, 2.75) is 26.9 Å². The van der Waals surface area contributed by atoms with Crippen LogP contribution in [0.15, 0.2) is 36.7 Å². The summed E-state index contributed by atoms with van der Waals surface area (Å²) in [6.07, 6.45) is 3.36. The van der Waals surface area contributed by atoms with Gasteiger partial charge in [0.05, 0.1) is 10.7 Å². The van der Waals surface area contributed by atoms with E-state index in [4.69, 9.17) is 0 Å². The predicted octanol–water partition coefficient (Wildman–Crippen LogP) is 3.37. The van der Waals surface area contributed by atoms with Gasteiger partial charge in [0.25, 0.3) is 0 Å². The molecule has 0 spiro atoms. The predicted molar refractivity (Wildman–Crippen MR) is 85.7 cm³/mol. The lowest BCUT2D eigenvalue weighted by atomic mass is 10.2. The van der Waals surface area contributed by atoms with Crippen LogP contribution in [0, 0.1) is 19.7 Å². The third-order valence-corrected chi connectivity index (χ3v) is 4.31. The minimum absolute atomic E-state index is 0.274. The molecule has 2 heterocycles. The van der Waals surface area contributed by atoms with Crippen molar-refractivity contribution in [2.24, 2.45) is 0 Å². The SMILES string of the molecule is Cc1nc(CNCc2ccc(-n3cccn3)c(F)c2)c(C)s1. The Bertz CT molecular complexity index is 765. The quantitative estimate of drug-likeness (QED) is 0.785. The van der Waals surface area contributed by atoms with E-state index in [2.05, 4.69) is 22.3 Å². The summed E-state index contributed by atoms with van der Waals surface area (Å²) in [6, 6.07) is 6.97. The Morgan fingerprint density at radius 1 is 1.27 bits per heavy atom. The zero-order valence-electron chi connectivity index (χ0n) is 12.5. The van der Waals surface area contributed by atoms with Gasteiger partial charge in [-0.3, -0.25) is 0 Å². The van der Waals surface area contributed by atoms with Crippen molar-refractivity contribution in [1.29, 1.82) is 0 Å². The molecule has 6 heteroatoms. The number of hydrogen-bond donors (Lipinski definition) is 1. The standard InChI is InChI=1S/C16H17FN4S/c1-11-15(20-12(2)22-11)10-18-9-13-4-5-16(14(17)8-13)21-7-3-6-19-21/h3-8,18H,9-10H2,1-2H3. The molecule has 0 amide bonds. The summed E-state index contributed by atoms with van der Waals surface area (Å²) >= 11 is 1.70. The average molecular weight is 316 g/mol. The summed E-state index contributed by atoms with van der Waals surface area (Å²) in [5.41, 5.74) is 2.42. The number of halogens is 1. The molecule has 4 nitrogen and oxygen atoms in total. The second-order valence-electron chi connectivity index (χ2n) is 5.08. The molecular formula is C16H17FN4S. The van der Waals surface area contributed by atoms with Crippen LogP contribution in [0.3, 0.4) is 0 Å². The van der Waals surface area contributed by atoms with Crippen molar-refractivity contribution in [2.75, 3.05) is 0 Å². The largest absolute Gasteiger partial charge is 0.307 e. The first-order chi connectivity index (χ1) is 10.6. The Labute approximate surface area is 132 Å². The van der Waals surface area contributed by atoms with Gasteiger partial charge in [0.1, 0.15) is 11.5 Å². The molecule has 0 saturated heterocycles. The second-order valence-corrected chi connectivity index (χ2v) is 6.48. The number of thiazole rings is 1. The number of aryl methyl sites for hydroxylation is 2. The summed E-state index contributed by atoms with van der Waals surface area (Å²) in [5.74, 6) is -0.274. The molecule has 0 aliphatic heterocycles. The highest BCUT2D eigenvalue weighted by Gasteiger charge is 2.07. The third-order valence-electron chi connectivity index (χ3n) is 3.38. The molecule has 1 N–H and O–H groups in total. The van der Waals surface area contributed by atoms with Crippen LogP contribution in [-0.4, -0.2) is 14.8 Å². The van der Waals surface area contributed by atoms with Crippen LogP contribution < -0.4 is 5.32 Å². The minimum atomic E-state index is -0.274. The maximum absolute atomic E-state index is 14.1. The van der Waals surface area contributed by atoms with Crippen molar-refractivity contribution in [3.63, 3.8) is 0 Å². The number of benzene rings is 1. The fourth-order valence-electron chi connectivity index (χ4n) is 2.32. The van der Waals surface area contributed by atoms with Gasteiger partial charge in [0.15, 0.2) is 0 Å². The van der Waals surface area contributed by atoms with Crippen LogP contribution in [0.1, 0.15) is 21.1 Å². The molecule has 0 unspecified atom stereocenters. The molecule has 0 saturated carbocycles. The summed E-state index contributed by atoms with van der Waals surface area (Å²) in [4.78, 5) is 5.70. The first-order valence-corrected chi connectivity index (χ1v) is 7.87. The summed E-state index contributed by atoms with van der Waals surface area (Å²) in [7, 11) is 0. The van der Waals surface area contributed by atoms with E-state index in [1.54, 1.807) is 41.9 Å². The van der Waals surface area contributed by atoms with Crippen molar-refractivity contribution in [3.8, 4) is 5.69 Å². The molecule has 0 radical (unpaired) electrons. The first kappa shape index (κ1) is 14.9. The molecule has 0 aliphatic rings. The fraction of sp³-hybridized carbons (Fsp3) is 0.250. The maximum atomic E-state index is 14.1. The molecule has 114 valence electrons. The average Bonchev–Trinajstić information content (AvgIpc) is 3.09. The van der Waals surface area contributed by atoms with E-state index in [0.717, 1.165) is 16.3 Å². The van der Waals surface area contributed by atoms with E-state index in [1.807, 2.05) is 13.0 Å². The van der Waals surface area contributed by atoms with Crippen molar-refractivity contribution in [1.82, 2.24) is 20.1 Å². The van der Waals surface area contributed by atoms with Gasteiger partial charge in [0.2, 0.25) is 0 Å². The van der Waals surface area contributed by atoms with Gasteiger partial charge < -0.3 is 5.32 Å². The molecule has 2 aromatic heterocycles. The lowest BCUT2D eigenvalue weighted by Crippen LogP contribution is -2.14. The highest BCUT2D eigenvalue weighted by molar-refractivity contribution is 7.11. The Morgan fingerprint density at radius 2 is 2.14 bits per heavy atom. The second kappa shape index (κ2) is 6.37. The molecule has 3 rings (SSSR count). The molecule has 3 aromatic rings. The van der Waals surface area contributed by atoms with E-state index >= 15 is 0 Å². The van der Waals surface area contributed by atoms with Gasteiger partial charge in [-0.25, -0.2) is 14.1 Å².